The van der Waals surface area contributed by atoms with Crippen LogP contribution >= 0.6 is 15.9 Å². The third kappa shape index (κ3) is 2.91. The molecule has 0 saturated carbocycles. The molecule has 2 rings (SSSR count). The minimum absolute atomic E-state index is 0.640. The van der Waals surface area contributed by atoms with Crippen molar-refractivity contribution in [3.8, 4) is 6.07 Å². The van der Waals surface area contributed by atoms with Gasteiger partial charge in [-0.2, -0.15) is 5.26 Å². The number of nitrogens with one attached hydrogen (secondary N) is 1. The van der Waals surface area contributed by atoms with E-state index in [9.17, 15) is 0 Å². The lowest BCUT2D eigenvalue weighted by Gasteiger charge is -2.11. The lowest BCUT2D eigenvalue weighted by Crippen LogP contribution is -1.95. The predicted octanol–water partition coefficient (Wildman–Crippen LogP) is 4.63. The molecule has 0 bridgehead atoms. The van der Waals surface area contributed by atoms with Crippen LogP contribution in [-0.2, 0) is 6.42 Å². The van der Waals surface area contributed by atoms with Crippen molar-refractivity contribution >= 4 is 27.3 Å². The first kappa shape index (κ1) is 12.7. The number of hydrogen-bond donors (Lipinski definition) is 1. The number of aryl methyl sites for hydroxylation is 1. The highest BCUT2D eigenvalue weighted by molar-refractivity contribution is 9.10. The van der Waals surface area contributed by atoms with Crippen LogP contribution in [0.15, 0.2) is 46.9 Å². The molecule has 0 saturated heterocycles. The normalized spacial score (nSPS) is 9.83. The largest absolute Gasteiger partial charge is 0.355 e. The molecular weight excluding hydrogens is 288 g/mol. The van der Waals surface area contributed by atoms with Crippen molar-refractivity contribution in [3.63, 3.8) is 0 Å². The van der Waals surface area contributed by atoms with Gasteiger partial charge in [-0.3, -0.25) is 0 Å². The van der Waals surface area contributed by atoms with E-state index in [0.717, 1.165) is 22.3 Å². The standard InChI is InChI=1S/C15H13BrN2/c1-2-12-5-3-4-6-15(12)18-14-8-11(10-17)7-13(16)9-14/h3-9,18H,2H2,1H3. The molecule has 1 N–H and O–H groups in total. The van der Waals surface area contributed by atoms with Crippen molar-refractivity contribution in [3.05, 3.63) is 58.1 Å². The van der Waals surface area contributed by atoms with E-state index >= 15 is 0 Å². The Kier molecular flexibility index (Phi) is 4.01. The zero-order chi connectivity index (χ0) is 13.0. The van der Waals surface area contributed by atoms with Gasteiger partial charge in [-0.15, -0.1) is 0 Å². The first-order valence-electron chi connectivity index (χ1n) is 5.78. The van der Waals surface area contributed by atoms with Gasteiger partial charge in [-0.1, -0.05) is 41.1 Å². The van der Waals surface area contributed by atoms with Gasteiger partial charge in [0.25, 0.3) is 0 Å². The number of halogens is 1. The van der Waals surface area contributed by atoms with Crippen LogP contribution in [0, 0.1) is 11.3 Å². The van der Waals surface area contributed by atoms with Crippen LogP contribution in [0.25, 0.3) is 0 Å². The Balaban J connectivity index is 2.34. The van der Waals surface area contributed by atoms with Gasteiger partial charge in [0.05, 0.1) is 11.6 Å². The summed E-state index contributed by atoms with van der Waals surface area (Å²) < 4.78 is 0.901. The number of para-hydroxylation sites is 1. The van der Waals surface area contributed by atoms with E-state index in [1.165, 1.54) is 5.56 Å². The Bertz CT molecular complexity index is 600. The molecule has 2 aromatic carbocycles. The van der Waals surface area contributed by atoms with E-state index in [1.54, 1.807) is 6.07 Å². The maximum atomic E-state index is 8.95. The van der Waals surface area contributed by atoms with Gasteiger partial charge >= 0.3 is 0 Å². The van der Waals surface area contributed by atoms with Crippen LogP contribution in [0.1, 0.15) is 18.1 Å². The molecule has 0 unspecified atom stereocenters. The molecule has 0 heterocycles. The fourth-order valence-corrected chi connectivity index (χ4v) is 2.33. The third-order valence-electron chi connectivity index (χ3n) is 2.70. The van der Waals surface area contributed by atoms with Gasteiger partial charge in [0, 0.05) is 15.8 Å². The predicted molar refractivity (Wildman–Crippen MR) is 78.0 cm³/mol. The molecule has 0 radical (unpaired) electrons. The molecule has 2 aromatic rings. The zero-order valence-corrected chi connectivity index (χ0v) is 11.7. The molecule has 0 fully saturated rings. The summed E-state index contributed by atoms with van der Waals surface area (Å²) in [6.45, 7) is 2.13. The number of anilines is 2. The van der Waals surface area contributed by atoms with Crippen molar-refractivity contribution in [2.75, 3.05) is 5.32 Å². The van der Waals surface area contributed by atoms with Gasteiger partial charge in [0.2, 0.25) is 0 Å². The monoisotopic (exact) mass is 300 g/mol. The molecule has 18 heavy (non-hydrogen) atoms. The second kappa shape index (κ2) is 5.70. The van der Waals surface area contributed by atoms with Gasteiger partial charge < -0.3 is 5.32 Å². The van der Waals surface area contributed by atoms with Crippen molar-refractivity contribution in [1.82, 2.24) is 0 Å². The highest BCUT2D eigenvalue weighted by Crippen LogP contribution is 2.25. The summed E-state index contributed by atoms with van der Waals surface area (Å²) in [6, 6.07) is 16.0. The Hall–Kier alpha value is -1.79. The number of benzene rings is 2. The van der Waals surface area contributed by atoms with E-state index in [1.807, 2.05) is 30.3 Å². The van der Waals surface area contributed by atoms with E-state index in [2.05, 4.69) is 40.3 Å². The first-order chi connectivity index (χ1) is 8.72. The van der Waals surface area contributed by atoms with E-state index in [-0.39, 0.29) is 0 Å². The first-order valence-corrected chi connectivity index (χ1v) is 6.58. The van der Waals surface area contributed by atoms with Crippen LogP contribution in [0.5, 0.6) is 0 Å². The third-order valence-corrected chi connectivity index (χ3v) is 3.16. The number of nitrogens with zero attached hydrogens (tertiary/aromatic N) is 1. The quantitative estimate of drug-likeness (QED) is 0.897. The molecule has 0 atom stereocenters. The molecule has 0 aliphatic carbocycles. The Morgan fingerprint density at radius 1 is 1.22 bits per heavy atom. The summed E-state index contributed by atoms with van der Waals surface area (Å²) in [5, 5.41) is 12.3. The van der Waals surface area contributed by atoms with E-state index in [4.69, 9.17) is 5.26 Å². The van der Waals surface area contributed by atoms with E-state index in [0.29, 0.717) is 5.56 Å². The molecule has 0 spiro atoms. The molecule has 0 aliphatic heterocycles. The Morgan fingerprint density at radius 2 is 2.00 bits per heavy atom. The second-order valence-electron chi connectivity index (χ2n) is 3.98. The molecular formula is C15H13BrN2. The van der Waals surface area contributed by atoms with Crippen molar-refractivity contribution in [2.45, 2.75) is 13.3 Å². The lowest BCUT2D eigenvalue weighted by atomic mass is 10.1. The van der Waals surface area contributed by atoms with Crippen molar-refractivity contribution in [2.24, 2.45) is 0 Å². The molecule has 90 valence electrons. The van der Waals surface area contributed by atoms with Crippen LogP contribution in [0.3, 0.4) is 0 Å². The second-order valence-corrected chi connectivity index (χ2v) is 4.89. The Morgan fingerprint density at radius 3 is 2.72 bits per heavy atom. The van der Waals surface area contributed by atoms with Gasteiger partial charge in [-0.05, 0) is 36.2 Å². The average molecular weight is 301 g/mol. The molecule has 2 nitrogen and oxygen atoms in total. The minimum Gasteiger partial charge on any atom is -0.355 e. The summed E-state index contributed by atoms with van der Waals surface area (Å²) in [5.74, 6) is 0. The summed E-state index contributed by atoms with van der Waals surface area (Å²) in [6.07, 6.45) is 0.974. The number of rotatable bonds is 3. The molecule has 3 heteroatoms. The van der Waals surface area contributed by atoms with E-state index < -0.39 is 0 Å². The summed E-state index contributed by atoms with van der Waals surface area (Å²) in [4.78, 5) is 0. The van der Waals surface area contributed by atoms with Gasteiger partial charge in [0.15, 0.2) is 0 Å². The summed E-state index contributed by atoms with van der Waals surface area (Å²) in [7, 11) is 0. The summed E-state index contributed by atoms with van der Waals surface area (Å²) in [5.41, 5.74) is 3.90. The number of hydrogen-bond acceptors (Lipinski definition) is 2. The Labute approximate surface area is 115 Å². The molecule has 0 aromatic heterocycles. The summed E-state index contributed by atoms with van der Waals surface area (Å²) >= 11 is 3.41. The molecule has 0 amide bonds. The highest BCUT2D eigenvalue weighted by Gasteiger charge is 2.02. The van der Waals surface area contributed by atoms with Crippen LogP contribution in [0.4, 0.5) is 11.4 Å². The minimum atomic E-state index is 0.640. The maximum absolute atomic E-state index is 8.95. The fourth-order valence-electron chi connectivity index (χ4n) is 1.83. The van der Waals surface area contributed by atoms with Crippen LogP contribution in [-0.4, -0.2) is 0 Å². The maximum Gasteiger partial charge on any atom is 0.0992 e. The topological polar surface area (TPSA) is 35.8 Å². The smallest absolute Gasteiger partial charge is 0.0992 e. The average Bonchev–Trinajstić information content (AvgIpc) is 2.38. The number of nitriles is 1. The zero-order valence-electron chi connectivity index (χ0n) is 10.1. The SMILES string of the molecule is CCc1ccccc1Nc1cc(Br)cc(C#N)c1. The van der Waals surface area contributed by atoms with Crippen LogP contribution in [0.2, 0.25) is 0 Å². The fraction of sp³-hybridized carbons (Fsp3) is 0.133. The van der Waals surface area contributed by atoms with Crippen molar-refractivity contribution < 1.29 is 0 Å². The van der Waals surface area contributed by atoms with Gasteiger partial charge in [0.1, 0.15) is 0 Å². The van der Waals surface area contributed by atoms with Crippen LogP contribution < -0.4 is 5.32 Å². The van der Waals surface area contributed by atoms with Crippen molar-refractivity contribution in [1.29, 1.82) is 5.26 Å². The highest BCUT2D eigenvalue weighted by atomic mass is 79.9. The van der Waals surface area contributed by atoms with Gasteiger partial charge in [-0.25, -0.2) is 0 Å². The lowest BCUT2D eigenvalue weighted by molar-refractivity contribution is 1.14. The molecule has 0 aliphatic rings.